The number of carbonyl (C=O) groups is 2. The first-order chi connectivity index (χ1) is 8.04. The first-order valence-electron chi connectivity index (χ1n) is 5.79. The van der Waals surface area contributed by atoms with Crippen LogP contribution in [0.15, 0.2) is 18.2 Å². The Morgan fingerprint density at radius 2 is 2.12 bits per heavy atom. The summed E-state index contributed by atoms with van der Waals surface area (Å²) in [5.41, 5.74) is 2.77. The lowest BCUT2D eigenvalue weighted by Gasteiger charge is -2.06. The van der Waals surface area contributed by atoms with Crippen LogP contribution in [0, 0.1) is 5.92 Å². The van der Waals surface area contributed by atoms with E-state index in [4.69, 9.17) is 0 Å². The predicted molar refractivity (Wildman–Crippen MR) is 64.1 cm³/mol. The van der Waals surface area contributed by atoms with Gasteiger partial charge in [-0.2, -0.15) is 0 Å². The molecule has 0 saturated carbocycles. The van der Waals surface area contributed by atoms with Gasteiger partial charge in [0.15, 0.2) is 5.78 Å². The average Bonchev–Trinajstić information content (AvgIpc) is 2.65. The molecule has 0 heterocycles. The Labute approximate surface area is 101 Å². The SMILES string of the molecule is COC(=O)C1Cc2ccc(C(C)C)cc2C1=O. The van der Waals surface area contributed by atoms with Gasteiger partial charge < -0.3 is 4.74 Å². The van der Waals surface area contributed by atoms with Gasteiger partial charge >= 0.3 is 5.97 Å². The fraction of sp³-hybridized carbons (Fsp3) is 0.429. The molecule has 17 heavy (non-hydrogen) atoms. The van der Waals surface area contributed by atoms with Crippen molar-refractivity contribution < 1.29 is 14.3 Å². The molecule has 3 nitrogen and oxygen atoms in total. The molecule has 1 atom stereocenters. The number of rotatable bonds is 2. The zero-order valence-electron chi connectivity index (χ0n) is 10.3. The van der Waals surface area contributed by atoms with Crippen molar-refractivity contribution in [1.29, 1.82) is 0 Å². The molecule has 2 rings (SSSR count). The Balaban J connectivity index is 2.36. The number of benzene rings is 1. The number of fused-ring (bicyclic) bond motifs is 1. The highest BCUT2D eigenvalue weighted by atomic mass is 16.5. The molecular formula is C14H16O3. The Hall–Kier alpha value is -1.64. The van der Waals surface area contributed by atoms with E-state index in [0.717, 1.165) is 11.1 Å². The quantitative estimate of drug-likeness (QED) is 0.580. The molecular weight excluding hydrogens is 216 g/mol. The zero-order chi connectivity index (χ0) is 12.6. The van der Waals surface area contributed by atoms with Gasteiger partial charge in [0.25, 0.3) is 0 Å². The van der Waals surface area contributed by atoms with Crippen molar-refractivity contribution in [3.63, 3.8) is 0 Å². The van der Waals surface area contributed by atoms with Gasteiger partial charge in [-0.3, -0.25) is 9.59 Å². The van der Waals surface area contributed by atoms with Crippen molar-refractivity contribution in [2.45, 2.75) is 26.2 Å². The molecule has 1 unspecified atom stereocenters. The van der Waals surface area contributed by atoms with Gasteiger partial charge in [0.05, 0.1) is 7.11 Å². The average molecular weight is 232 g/mol. The van der Waals surface area contributed by atoms with Crippen LogP contribution in [0.25, 0.3) is 0 Å². The van der Waals surface area contributed by atoms with Gasteiger partial charge in [0.1, 0.15) is 5.92 Å². The molecule has 0 aromatic heterocycles. The molecule has 1 aliphatic rings. The van der Waals surface area contributed by atoms with E-state index in [1.807, 2.05) is 18.2 Å². The highest BCUT2D eigenvalue weighted by Gasteiger charge is 2.36. The third-order valence-electron chi connectivity index (χ3n) is 3.29. The van der Waals surface area contributed by atoms with Crippen molar-refractivity contribution in [2.75, 3.05) is 7.11 Å². The first kappa shape index (κ1) is 11.8. The normalized spacial score (nSPS) is 18.4. The number of carbonyl (C=O) groups excluding carboxylic acids is 2. The fourth-order valence-corrected chi connectivity index (χ4v) is 2.19. The molecule has 1 aliphatic carbocycles. The van der Waals surface area contributed by atoms with Crippen LogP contribution < -0.4 is 0 Å². The summed E-state index contributed by atoms with van der Waals surface area (Å²) in [6, 6.07) is 5.88. The van der Waals surface area contributed by atoms with E-state index in [1.54, 1.807) is 0 Å². The van der Waals surface area contributed by atoms with Crippen LogP contribution in [0.3, 0.4) is 0 Å². The Bertz CT molecular complexity index is 474. The largest absolute Gasteiger partial charge is 0.468 e. The fourth-order valence-electron chi connectivity index (χ4n) is 2.19. The van der Waals surface area contributed by atoms with Crippen molar-refractivity contribution in [2.24, 2.45) is 5.92 Å². The van der Waals surface area contributed by atoms with Crippen molar-refractivity contribution in [3.8, 4) is 0 Å². The van der Waals surface area contributed by atoms with E-state index in [1.165, 1.54) is 7.11 Å². The minimum atomic E-state index is -0.641. The van der Waals surface area contributed by atoms with Crippen LogP contribution in [-0.2, 0) is 16.0 Å². The summed E-state index contributed by atoms with van der Waals surface area (Å²) in [5, 5.41) is 0. The molecule has 3 heteroatoms. The van der Waals surface area contributed by atoms with Crippen LogP contribution in [0.5, 0.6) is 0 Å². The van der Waals surface area contributed by atoms with Crippen molar-refractivity contribution >= 4 is 11.8 Å². The molecule has 0 amide bonds. The van der Waals surface area contributed by atoms with Crippen LogP contribution in [0.1, 0.15) is 41.3 Å². The van der Waals surface area contributed by atoms with E-state index < -0.39 is 11.9 Å². The first-order valence-corrected chi connectivity index (χ1v) is 5.79. The summed E-state index contributed by atoms with van der Waals surface area (Å²) in [4.78, 5) is 23.5. The number of Topliss-reactive ketones (excluding diaryl/α,β-unsaturated/α-hetero) is 1. The number of hydrogen-bond donors (Lipinski definition) is 0. The Kier molecular flexibility index (Phi) is 3.01. The highest BCUT2D eigenvalue weighted by Crippen LogP contribution is 2.30. The van der Waals surface area contributed by atoms with Crippen LogP contribution in [-0.4, -0.2) is 18.9 Å². The smallest absolute Gasteiger partial charge is 0.316 e. The standard InChI is InChI=1S/C14H16O3/c1-8(2)9-4-5-10-7-12(14(16)17-3)13(15)11(10)6-9/h4-6,8,12H,7H2,1-3H3. The minimum absolute atomic E-state index is 0.102. The number of ketones is 1. The molecule has 0 N–H and O–H groups in total. The summed E-state index contributed by atoms with van der Waals surface area (Å²) in [5.74, 6) is -0.797. The lowest BCUT2D eigenvalue weighted by molar-refractivity contribution is -0.143. The van der Waals surface area contributed by atoms with Crippen LogP contribution in [0.4, 0.5) is 0 Å². The lowest BCUT2D eigenvalue weighted by Crippen LogP contribution is -2.21. The molecule has 0 saturated heterocycles. The lowest BCUT2D eigenvalue weighted by atomic mass is 9.98. The van der Waals surface area contributed by atoms with Crippen molar-refractivity contribution in [3.05, 3.63) is 34.9 Å². The number of esters is 1. The number of hydrogen-bond acceptors (Lipinski definition) is 3. The molecule has 90 valence electrons. The maximum absolute atomic E-state index is 12.1. The second kappa shape index (κ2) is 4.32. The second-order valence-corrected chi connectivity index (χ2v) is 4.72. The summed E-state index contributed by atoms with van der Waals surface area (Å²) in [7, 11) is 1.32. The maximum Gasteiger partial charge on any atom is 0.316 e. The summed E-state index contributed by atoms with van der Waals surface area (Å²) in [6.07, 6.45) is 0.471. The van der Waals surface area contributed by atoms with Crippen LogP contribution >= 0.6 is 0 Å². The third kappa shape index (κ3) is 1.97. The summed E-state index contributed by atoms with van der Waals surface area (Å²) < 4.78 is 4.65. The Morgan fingerprint density at radius 3 is 2.71 bits per heavy atom. The van der Waals surface area contributed by atoms with E-state index in [-0.39, 0.29) is 5.78 Å². The van der Waals surface area contributed by atoms with Gasteiger partial charge in [-0.05, 0) is 29.5 Å². The molecule has 0 aliphatic heterocycles. The van der Waals surface area contributed by atoms with E-state index in [9.17, 15) is 9.59 Å². The van der Waals surface area contributed by atoms with E-state index >= 15 is 0 Å². The summed E-state index contributed by atoms with van der Waals surface area (Å²) >= 11 is 0. The molecule has 0 bridgehead atoms. The van der Waals surface area contributed by atoms with Crippen molar-refractivity contribution in [1.82, 2.24) is 0 Å². The second-order valence-electron chi connectivity index (χ2n) is 4.72. The molecule has 1 aromatic rings. The zero-order valence-corrected chi connectivity index (χ0v) is 10.3. The summed E-state index contributed by atoms with van der Waals surface area (Å²) in [6.45, 7) is 4.16. The number of methoxy groups -OCH3 is 1. The Morgan fingerprint density at radius 1 is 1.41 bits per heavy atom. The topological polar surface area (TPSA) is 43.4 Å². The highest BCUT2D eigenvalue weighted by molar-refractivity contribution is 6.12. The van der Waals surface area contributed by atoms with Gasteiger partial charge in [0, 0.05) is 5.56 Å². The van der Waals surface area contributed by atoms with Gasteiger partial charge in [-0.1, -0.05) is 26.0 Å². The molecule has 0 radical (unpaired) electrons. The third-order valence-corrected chi connectivity index (χ3v) is 3.29. The molecule has 1 aromatic carbocycles. The number of ether oxygens (including phenoxy) is 1. The monoisotopic (exact) mass is 232 g/mol. The van der Waals surface area contributed by atoms with Gasteiger partial charge in [-0.25, -0.2) is 0 Å². The van der Waals surface area contributed by atoms with Crippen LogP contribution in [0.2, 0.25) is 0 Å². The molecule has 0 fully saturated rings. The minimum Gasteiger partial charge on any atom is -0.468 e. The predicted octanol–water partition coefficient (Wildman–Crippen LogP) is 2.34. The van der Waals surface area contributed by atoms with E-state index in [2.05, 4.69) is 18.6 Å². The van der Waals surface area contributed by atoms with Gasteiger partial charge in [-0.15, -0.1) is 0 Å². The molecule has 0 spiro atoms. The maximum atomic E-state index is 12.1. The van der Waals surface area contributed by atoms with E-state index in [0.29, 0.717) is 17.9 Å². The van der Waals surface area contributed by atoms with Gasteiger partial charge in [0.2, 0.25) is 0 Å².